The number of hydrogen-bond acceptors (Lipinski definition) is 5. The number of β-amino-alcohol motifs (C(OH)–C–C–N with tert-alkyl or cyclic N) is 1. The third-order valence-corrected chi connectivity index (χ3v) is 4.88. The topological polar surface area (TPSA) is 74.0 Å². The largest absolute Gasteiger partial charge is 0.392 e. The molecule has 1 saturated heterocycles. The summed E-state index contributed by atoms with van der Waals surface area (Å²) in [7, 11) is 0. The summed E-state index contributed by atoms with van der Waals surface area (Å²) in [6.45, 7) is 11.3. The molecule has 3 rings (SSSR count). The summed E-state index contributed by atoms with van der Waals surface area (Å²) in [6, 6.07) is 1.96. The van der Waals surface area contributed by atoms with Crippen LogP contribution >= 0.6 is 0 Å². The number of amides is 1. The van der Waals surface area contributed by atoms with E-state index in [2.05, 4.69) is 15.0 Å². The number of fused-ring (bicyclic) bond motifs is 1. The molecule has 2 aromatic rings. The highest BCUT2D eigenvalue weighted by Gasteiger charge is 2.27. The number of hydrogen-bond donors (Lipinski definition) is 1. The van der Waals surface area contributed by atoms with E-state index in [0.717, 1.165) is 36.6 Å². The average molecular weight is 345 g/mol. The Labute approximate surface area is 148 Å². The lowest BCUT2D eigenvalue weighted by Crippen LogP contribution is -2.50. The van der Waals surface area contributed by atoms with E-state index < -0.39 is 0 Å². The molecule has 1 aliphatic heterocycles. The highest BCUT2D eigenvalue weighted by Crippen LogP contribution is 2.19. The molecule has 1 aliphatic rings. The Kier molecular flexibility index (Phi) is 5.06. The van der Waals surface area contributed by atoms with Gasteiger partial charge in [0, 0.05) is 44.1 Å². The summed E-state index contributed by atoms with van der Waals surface area (Å²) in [5.41, 5.74) is 3.83. The molecule has 0 bridgehead atoms. The molecule has 1 unspecified atom stereocenters. The van der Waals surface area contributed by atoms with Gasteiger partial charge < -0.3 is 10.0 Å². The number of rotatable bonds is 4. The van der Waals surface area contributed by atoms with Gasteiger partial charge in [0.2, 0.25) is 0 Å². The van der Waals surface area contributed by atoms with E-state index >= 15 is 0 Å². The van der Waals surface area contributed by atoms with Crippen LogP contribution < -0.4 is 0 Å². The van der Waals surface area contributed by atoms with Crippen LogP contribution in [0.25, 0.3) is 5.65 Å². The molecule has 1 amide bonds. The van der Waals surface area contributed by atoms with Gasteiger partial charge in [-0.15, -0.1) is 0 Å². The van der Waals surface area contributed by atoms with Crippen molar-refractivity contribution in [2.75, 3.05) is 32.7 Å². The van der Waals surface area contributed by atoms with Crippen LogP contribution in [-0.2, 0) is 0 Å². The Hall–Kier alpha value is -1.99. The van der Waals surface area contributed by atoms with E-state index in [1.54, 1.807) is 4.52 Å². The third kappa shape index (κ3) is 3.52. The van der Waals surface area contributed by atoms with Crippen molar-refractivity contribution in [3.8, 4) is 0 Å². The lowest BCUT2D eigenvalue weighted by atomic mass is 10.2. The number of aromatic nitrogens is 3. The first kappa shape index (κ1) is 17.8. The number of nitrogens with zero attached hydrogens (tertiary/aromatic N) is 5. The number of aryl methyl sites for hydroxylation is 3. The first-order chi connectivity index (χ1) is 11.9. The zero-order valence-electron chi connectivity index (χ0n) is 15.5. The average Bonchev–Trinajstić information content (AvgIpc) is 2.91. The molecule has 3 heterocycles. The first-order valence-corrected chi connectivity index (χ1v) is 8.94. The maximum Gasteiger partial charge on any atom is 0.259 e. The smallest absolute Gasteiger partial charge is 0.259 e. The fraction of sp³-hybridized carbons (Fsp3) is 0.611. The fourth-order valence-electron chi connectivity index (χ4n) is 3.40. The zero-order chi connectivity index (χ0) is 18.1. The van der Waals surface area contributed by atoms with E-state index in [0.29, 0.717) is 30.8 Å². The van der Waals surface area contributed by atoms with E-state index in [1.165, 1.54) is 0 Å². The number of carbonyl (C=O) groups is 1. The molecule has 1 N–H and O–H groups in total. The summed E-state index contributed by atoms with van der Waals surface area (Å²) >= 11 is 0. The van der Waals surface area contributed by atoms with Crippen LogP contribution in [0.3, 0.4) is 0 Å². The summed E-state index contributed by atoms with van der Waals surface area (Å²) in [5.74, 6) is 0.000639. The van der Waals surface area contributed by atoms with Crippen LogP contribution in [0.2, 0.25) is 0 Å². The van der Waals surface area contributed by atoms with Gasteiger partial charge >= 0.3 is 0 Å². The minimum atomic E-state index is -0.292. The highest BCUT2D eigenvalue weighted by molar-refractivity contribution is 6.01. The van der Waals surface area contributed by atoms with Crippen molar-refractivity contribution in [1.82, 2.24) is 24.4 Å². The third-order valence-electron chi connectivity index (χ3n) is 4.88. The van der Waals surface area contributed by atoms with E-state index in [1.807, 2.05) is 38.7 Å². The van der Waals surface area contributed by atoms with E-state index in [9.17, 15) is 9.90 Å². The van der Waals surface area contributed by atoms with Crippen LogP contribution in [0.1, 0.15) is 40.8 Å². The number of carbonyl (C=O) groups excluding carboxylic acids is 1. The van der Waals surface area contributed by atoms with Crippen LogP contribution in [0.5, 0.6) is 0 Å². The minimum absolute atomic E-state index is 0.000639. The van der Waals surface area contributed by atoms with Crippen molar-refractivity contribution in [3.05, 3.63) is 28.7 Å². The number of aliphatic hydroxyl groups is 1. The Morgan fingerprint density at radius 3 is 2.56 bits per heavy atom. The standard InChI is InChI=1S/C18H27N5O2/c1-5-15(24)11-21-6-8-22(9-7-21)18(25)16-14(4)20-23-13(3)10-12(2)19-17(16)23/h10,15,24H,5-9,11H2,1-4H3. The Morgan fingerprint density at radius 1 is 1.24 bits per heavy atom. The highest BCUT2D eigenvalue weighted by atomic mass is 16.3. The van der Waals surface area contributed by atoms with Crippen LogP contribution in [0.4, 0.5) is 0 Å². The maximum atomic E-state index is 13.1. The quantitative estimate of drug-likeness (QED) is 0.901. The molecule has 0 saturated carbocycles. The second-order valence-electron chi connectivity index (χ2n) is 6.89. The first-order valence-electron chi connectivity index (χ1n) is 8.94. The number of aliphatic hydroxyl groups excluding tert-OH is 1. The molecule has 0 aromatic carbocycles. The van der Waals surface area contributed by atoms with Gasteiger partial charge in [0.1, 0.15) is 5.56 Å². The normalized spacial score (nSPS) is 17.2. The van der Waals surface area contributed by atoms with Crippen molar-refractivity contribution in [1.29, 1.82) is 0 Å². The predicted molar refractivity (Wildman–Crippen MR) is 95.8 cm³/mol. The molecule has 1 fully saturated rings. The zero-order valence-corrected chi connectivity index (χ0v) is 15.5. The van der Waals surface area contributed by atoms with Crippen molar-refractivity contribution < 1.29 is 9.90 Å². The molecular weight excluding hydrogens is 318 g/mol. The molecule has 0 aliphatic carbocycles. The second kappa shape index (κ2) is 7.09. The molecule has 1 atom stereocenters. The molecule has 0 radical (unpaired) electrons. The summed E-state index contributed by atoms with van der Waals surface area (Å²) in [4.78, 5) is 21.7. The van der Waals surface area contributed by atoms with Gasteiger partial charge in [0.15, 0.2) is 5.65 Å². The molecule has 7 heteroatoms. The monoisotopic (exact) mass is 345 g/mol. The lowest BCUT2D eigenvalue weighted by molar-refractivity contribution is 0.0524. The SMILES string of the molecule is CCC(O)CN1CCN(C(=O)c2c(C)nn3c(C)cc(C)nc23)CC1. The van der Waals surface area contributed by atoms with Gasteiger partial charge in [0.25, 0.3) is 5.91 Å². The van der Waals surface area contributed by atoms with E-state index in [4.69, 9.17) is 0 Å². The Balaban J connectivity index is 1.79. The lowest BCUT2D eigenvalue weighted by Gasteiger charge is -2.35. The molecular formula is C18H27N5O2. The molecule has 25 heavy (non-hydrogen) atoms. The summed E-state index contributed by atoms with van der Waals surface area (Å²) in [6.07, 6.45) is 0.463. The Morgan fingerprint density at radius 2 is 1.92 bits per heavy atom. The molecule has 2 aromatic heterocycles. The van der Waals surface area contributed by atoms with Crippen LogP contribution in [0, 0.1) is 20.8 Å². The second-order valence-corrected chi connectivity index (χ2v) is 6.89. The van der Waals surface area contributed by atoms with Gasteiger partial charge in [-0.05, 0) is 33.3 Å². The molecule has 136 valence electrons. The van der Waals surface area contributed by atoms with Crippen molar-refractivity contribution in [3.63, 3.8) is 0 Å². The van der Waals surface area contributed by atoms with Crippen LogP contribution in [-0.4, -0.2) is 74.2 Å². The fourth-order valence-corrected chi connectivity index (χ4v) is 3.40. The van der Waals surface area contributed by atoms with Gasteiger partial charge in [-0.2, -0.15) is 5.10 Å². The van der Waals surface area contributed by atoms with E-state index in [-0.39, 0.29) is 12.0 Å². The van der Waals surface area contributed by atoms with Gasteiger partial charge in [-0.3, -0.25) is 9.69 Å². The summed E-state index contributed by atoms with van der Waals surface area (Å²) in [5, 5.41) is 14.3. The van der Waals surface area contributed by atoms with Crippen molar-refractivity contribution in [2.45, 2.75) is 40.2 Å². The number of piperazine rings is 1. The molecule has 0 spiro atoms. The molecule has 7 nitrogen and oxygen atoms in total. The van der Waals surface area contributed by atoms with Crippen LogP contribution in [0.15, 0.2) is 6.07 Å². The maximum absolute atomic E-state index is 13.1. The van der Waals surface area contributed by atoms with Crippen molar-refractivity contribution in [2.24, 2.45) is 0 Å². The summed E-state index contributed by atoms with van der Waals surface area (Å²) < 4.78 is 1.75. The Bertz CT molecular complexity index is 777. The van der Waals surface area contributed by atoms with Gasteiger partial charge in [0.05, 0.1) is 11.8 Å². The minimum Gasteiger partial charge on any atom is -0.392 e. The van der Waals surface area contributed by atoms with Gasteiger partial charge in [-0.25, -0.2) is 9.50 Å². The van der Waals surface area contributed by atoms with Crippen molar-refractivity contribution >= 4 is 11.6 Å². The predicted octanol–water partition coefficient (Wildman–Crippen LogP) is 1.18. The van der Waals surface area contributed by atoms with Gasteiger partial charge in [-0.1, -0.05) is 6.92 Å².